The number of amides is 1. The van der Waals surface area contributed by atoms with Crippen molar-refractivity contribution in [3.8, 4) is 6.07 Å². The van der Waals surface area contributed by atoms with Gasteiger partial charge in [0.25, 0.3) is 5.91 Å². The number of primary amides is 1. The molecule has 1 fully saturated rings. The predicted molar refractivity (Wildman–Crippen MR) is 118 cm³/mol. The number of hydrogen-bond acceptors (Lipinski definition) is 5. The molecule has 4 rings (SSSR count). The zero-order valence-electron chi connectivity index (χ0n) is 18.3. The highest BCUT2D eigenvalue weighted by Crippen LogP contribution is 2.42. The summed E-state index contributed by atoms with van der Waals surface area (Å²) in [6.45, 7) is 0. The van der Waals surface area contributed by atoms with Gasteiger partial charge in [0.1, 0.15) is 17.2 Å². The first-order valence-electron chi connectivity index (χ1n) is 10.9. The predicted octanol–water partition coefficient (Wildman–Crippen LogP) is 4.58. The average Bonchev–Trinajstić information content (AvgIpc) is 3.23. The number of anilines is 2. The van der Waals surface area contributed by atoms with Crippen LogP contribution in [-0.2, 0) is 12.0 Å². The Bertz CT molecular complexity index is 1240. The third-order valence-electron chi connectivity index (χ3n) is 6.42. The van der Waals surface area contributed by atoms with Crippen LogP contribution in [0.2, 0.25) is 0 Å². The number of nitrogens with one attached hydrogen (secondary N) is 1. The molecule has 2 heterocycles. The molecule has 1 amide bonds. The van der Waals surface area contributed by atoms with E-state index in [4.69, 9.17) is 5.73 Å². The van der Waals surface area contributed by atoms with E-state index in [2.05, 4.69) is 21.5 Å². The molecule has 0 atom stereocenters. The van der Waals surface area contributed by atoms with Gasteiger partial charge in [-0.1, -0.05) is 0 Å². The van der Waals surface area contributed by atoms with E-state index in [-0.39, 0.29) is 23.7 Å². The second kappa shape index (κ2) is 9.55. The number of rotatable bonds is 7. The normalized spacial score (nSPS) is 20.0. The van der Waals surface area contributed by atoms with Crippen LogP contribution in [0.5, 0.6) is 0 Å². The largest absolute Gasteiger partial charge is 0.365 e. The van der Waals surface area contributed by atoms with Crippen LogP contribution in [0.1, 0.15) is 48.0 Å². The maximum atomic E-state index is 14.1. The van der Waals surface area contributed by atoms with Crippen LogP contribution in [0.15, 0.2) is 42.7 Å². The zero-order valence-corrected chi connectivity index (χ0v) is 18.3. The highest BCUT2D eigenvalue weighted by Gasteiger charge is 2.39. The third kappa shape index (κ3) is 4.88. The summed E-state index contributed by atoms with van der Waals surface area (Å²) in [5, 5.41) is 16.9. The van der Waals surface area contributed by atoms with Crippen LogP contribution in [0.25, 0.3) is 0 Å². The molecule has 7 nitrogen and oxygen atoms in total. The van der Waals surface area contributed by atoms with Crippen LogP contribution in [0, 0.1) is 34.8 Å². The molecule has 1 saturated carbocycles. The summed E-state index contributed by atoms with van der Waals surface area (Å²) in [4.78, 5) is 15.6. The number of nitrogens with zero attached hydrogens (tertiary/aromatic N) is 4. The van der Waals surface area contributed by atoms with E-state index < -0.39 is 29.0 Å². The summed E-state index contributed by atoms with van der Waals surface area (Å²) >= 11 is 0. The van der Waals surface area contributed by atoms with Crippen LogP contribution in [-0.4, -0.2) is 20.7 Å². The van der Waals surface area contributed by atoms with Crippen molar-refractivity contribution in [2.75, 3.05) is 5.32 Å². The lowest BCUT2D eigenvalue weighted by Gasteiger charge is -2.39. The second-order valence-corrected chi connectivity index (χ2v) is 8.63. The zero-order chi connectivity index (χ0) is 24.3. The molecule has 3 aromatic rings. The molecule has 1 aliphatic carbocycles. The van der Waals surface area contributed by atoms with Crippen LogP contribution >= 0.6 is 0 Å². The molecule has 0 bridgehead atoms. The number of carbonyl (C=O) groups is 1. The smallest absolute Gasteiger partial charge is 0.254 e. The Labute approximate surface area is 194 Å². The van der Waals surface area contributed by atoms with Gasteiger partial charge in [0.15, 0.2) is 5.82 Å². The van der Waals surface area contributed by atoms with Crippen molar-refractivity contribution >= 4 is 17.4 Å². The molecule has 0 spiro atoms. The summed E-state index contributed by atoms with van der Waals surface area (Å²) < 4.78 is 42.7. The van der Waals surface area contributed by atoms with E-state index in [1.165, 1.54) is 24.5 Å². The van der Waals surface area contributed by atoms with Crippen molar-refractivity contribution in [3.63, 3.8) is 0 Å². The number of nitriles is 1. The van der Waals surface area contributed by atoms with Crippen molar-refractivity contribution in [1.82, 2.24) is 14.8 Å². The lowest BCUT2D eigenvalue weighted by molar-refractivity contribution is 0.1000. The van der Waals surface area contributed by atoms with Crippen molar-refractivity contribution in [3.05, 3.63) is 71.4 Å². The lowest BCUT2D eigenvalue weighted by atomic mass is 9.73. The Morgan fingerprint density at radius 1 is 1.24 bits per heavy atom. The minimum absolute atomic E-state index is 0.110. The summed E-state index contributed by atoms with van der Waals surface area (Å²) in [6, 6.07) is 8.34. The molecular formula is C24H23F3N6O. The van der Waals surface area contributed by atoms with E-state index in [9.17, 15) is 23.2 Å². The Kier molecular flexibility index (Phi) is 6.54. The van der Waals surface area contributed by atoms with Gasteiger partial charge in [-0.15, -0.1) is 0 Å². The summed E-state index contributed by atoms with van der Waals surface area (Å²) in [5.74, 6) is -2.05. The van der Waals surface area contributed by atoms with E-state index in [1.807, 2.05) is 0 Å². The van der Waals surface area contributed by atoms with Gasteiger partial charge in [-0.2, -0.15) is 14.8 Å². The number of aromatic nitrogens is 3. The van der Waals surface area contributed by atoms with E-state index in [0.29, 0.717) is 43.4 Å². The second-order valence-electron chi connectivity index (χ2n) is 8.63. The molecule has 176 valence electrons. The van der Waals surface area contributed by atoms with Gasteiger partial charge in [-0.05, 0) is 67.9 Å². The molecule has 0 aliphatic heterocycles. The maximum Gasteiger partial charge on any atom is 0.254 e. The van der Waals surface area contributed by atoms with Gasteiger partial charge < -0.3 is 11.1 Å². The fourth-order valence-electron chi connectivity index (χ4n) is 4.57. The first-order valence-corrected chi connectivity index (χ1v) is 10.9. The molecule has 1 aliphatic rings. The van der Waals surface area contributed by atoms with E-state index in [0.717, 1.165) is 18.2 Å². The number of hydrogen-bond donors (Lipinski definition) is 2. The molecular weight excluding hydrogens is 445 g/mol. The van der Waals surface area contributed by atoms with Gasteiger partial charge in [0.2, 0.25) is 5.95 Å². The number of nitrogens with two attached hydrogens (primary N) is 1. The molecule has 2 aromatic heterocycles. The van der Waals surface area contributed by atoms with Gasteiger partial charge >= 0.3 is 0 Å². The molecule has 3 N–H and O–H groups in total. The van der Waals surface area contributed by atoms with Crippen LogP contribution < -0.4 is 11.1 Å². The molecule has 0 radical (unpaired) electrons. The Hall–Kier alpha value is -3.87. The molecule has 0 saturated heterocycles. The van der Waals surface area contributed by atoms with Gasteiger partial charge in [-0.25, -0.2) is 13.8 Å². The number of halogens is 3. The van der Waals surface area contributed by atoms with Gasteiger partial charge in [0, 0.05) is 24.1 Å². The van der Waals surface area contributed by atoms with Crippen molar-refractivity contribution in [2.24, 2.45) is 11.7 Å². The number of benzene rings is 1. The molecule has 10 heteroatoms. The minimum Gasteiger partial charge on any atom is -0.365 e. The first-order chi connectivity index (χ1) is 16.3. The Morgan fingerprint density at radius 2 is 2.00 bits per heavy atom. The highest BCUT2D eigenvalue weighted by molar-refractivity contribution is 5.98. The van der Waals surface area contributed by atoms with Gasteiger partial charge in [-0.3, -0.25) is 9.48 Å². The van der Waals surface area contributed by atoms with Crippen LogP contribution in [0.4, 0.5) is 24.7 Å². The van der Waals surface area contributed by atoms with Crippen molar-refractivity contribution < 1.29 is 18.0 Å². The summed E-state index contributed by atoms with van der Waals surface area (Å²) in [6.07, 6.45) is 5.79. The van der Waals surface area contributed by atoms with Gasteiger partial charge in [0.05, 0.1) is 18.0 Å². The Morgan fingerprint density at radius 3 is 2.68 bits per heavy atom. The van der Waals surface area contributed by atoms with E-state index >= 15 is 0 Å². The lowest BCUT2D eigenvalue weighted by Crippen LogP contribution is -2.38. The number of pyridine rings is 1. The quantitative estimate of drug-likeness (QED) is 0.493. The maximum absolute atomic E-state index is 14.1. The minimum atomic E-state index is -0.717. The number of carbonyl (C=O) groups excluding carboxylic acids is 1. The third-order valence-corrected chi connectivity index (χ3v) is 6.42. The monoisotopic (exact) mass is 468 g/mol. The standard InChI is InChI=1S/C24H23F3N6O/c25-17-1-2-20(26)16(12-17)11-15-3-6-24(7-4-15,8-9-28)33-14-19(22(29)34)23(32-33)31-18-5-10-30-21(27)13-18/h1-2,5,10,12-15H,3-4,6-8,11H2,(H2,29,34)(H,30,31,32). The van der Waals surface area contributed by atoms with E-state index in [1.54, 1.807) is 4.68 Å². The molecule has 0 unspecified atom stereocenters. The fourth-order valence-corrected chi connectivity index (χ4v) is 4.57. The molecule has 34 heavy (non-hydrogen) atoms. The summed E-state index contributed by atoms with van der Waals surface area (Å²) in [7, 11) is 0. The van der Waals surface area contributed by atoms with Crippen molar-refractivity contribution in [1.29, 1.82) is 5.26 Å². The average molecular weight is 468 g/mol. The fraction of sp³-hybridized carbons (Fsp3) is 0.333. The first kappa shape index (κ1) is 23.3. The SMILES string of the molecule is N#CCC1(n2cc(C(N)=O)c(Nc3ccnc(F)c3)n2)CCC(Cc2cc(F)ccc2F)CC1. The topological polar surface area (TPSA) is 110 Å². The summed E-state index contributed by atoms with van der Waals surface area (Å²) in [5.41, 5.74) is 5.65. The van der Waals surface area contributed by atoms with Crippen LogP contribution in [0.3, 0.4) is 0 Å². The van der Waals surface area contributed by atoms with Crippen molar-refractivity contribution in [2.45, 2.75) is 44.1 Å². The Balaban J connectivity index is 1.57. The molecule has 1 aromatic carbocycles. The highest BCUT2D eigenvalue weighted by atomic mass is 19.1.